The van der Waals surface area contributed by atoms with Crippen molar-refractivity contribution in [2.75, 3.05) is 13.1 Å². The fourth-order valence-corrected chi connectivity index (χ4v) is 3.12. The minimum atomic E-state index is -0.188. The highest BCUT2D eigenvalue weighted by Crippen LogP contribution is 2.28. The summed E-state index contributed by atoms with van der Waals surface area (Å²) in [5.74, 6) is -0.210. The summed E-state index contributed by atoms with van der Waals surface area (Å²) >= 11 is 0. The van der Waals surface area contributed by atoms with Gasteiger partial charge in [-0.15, -0.1) is 6.58 Å². The minimum Gasteiger partial charge on any atom is -0.353 e. The molecular weight excluding hydrogens is 350 g/mol. The van der Waals surface area contributed by atoms with E-state index in [1.807, 2.05) is 65.2 Å². The van der Waals surface area contributed by atoms with Crippen molar-refractivity contribution in [3.63, 3.8) is 0 Å². The van der Waals surface area contributed by atoms with E-state index in [2.05, 4.69) is 6.58 Å². The Kier molecular flexibility index (Phi) is 6.48. The molecule has 0 bridgehead atoms. The lowest BCUT2D eigenvalue weighted by Gasteiger charge is -2.27. The van der Waals surface area contributed by atoms with Gasteiger partial charge < -0.3 is 14.4 Å². The van der Waals surface area contributed by atoms with Gasteiger partial charge in [0.1, 0.15) is 6.54 Å². The van der Waals surface area contributed by atoms with Gasteiger partial charge in [-0.2, -0.15) is 0 Å². The summed E-state index contributed by atoms with van der Waals surface area (Å²) < 4.78 is 2.03. The normalized spacial score (nSPS) is 13.5. The summed E-state index contributed by atoms with van der Waals surface area (Å²) in [6.07, 6.45) is 8.97. The third-order valence-corrected chi connectivity index (χ3v) is 4.90. The lowest BCUT2D eigenvalue weighted by Crippen LogP contribution is -2.43. The average Bonchev–Trinajstić information content (AvgIpc) is 3.46. The average molecular weight is 377 g/mol. The summed E-state index contributed by atoms with van der Waals surface area (Å²) in [7, 11) is 1.98. The van der Waals surface area contributed by atoms with Crippen LogP contribution in [0, 0.1) is 0 Å². The molecule has 1 fully saturated rings. The Labute approximate surface area is 166 Å². The zero-order valence-corrected chi connectivity index (χ0v) is 16.3. The van der Waals surface area contributed by atoms with E-state index < -0.39 is 0 Å². The van der Waals surface area contributed by atoms with E-state index in [1.165, 1.54) is 11.0 Å². The Bertz CT molecular complexity index is 850. The van der Waals surface area contributed by atoms with Crippen molar-refractivity contribution < 1.29 is 9.59 Å². The van der Waals surface area contributed by atoms with Crippen molar-refractivity contribution in [1.29, 1.82) is 0 Å². The van der Waals surface area contributed by atoms with Crippen LogP contribution in [0.25, 0.3) is 6.08 Å². The fourth-order valence-electron chi connectivity index (χ4n) is 3.12. The molecular formula is C23H27N3O2. The largest absolute Gasteiger partial charge is 0.353 e. The molecule has 1 heterocycles. The molecule has 0 atom stereocenters. The first-order valence-electron chi connectivity index (χ1n) is 9.61. The third kappa shape index (κ3) is 5.22. The number of benzene rings is 1. The number of hydrogen-bond acceptors (Lipinski definition) is 2. The molecule has 1 aromatic carbocycles. The number of amides is 2. The molecule has 28 heavy (non-hydrogen) atoms. The van der Waals surface area contributed by atoms with Crippen molar-refractivity contribution in [3.8, 4) is 0 Å². The lowest BCUT2D eigenvalue weighted by molar-refractivity contribution is -0.138. The van der Waals surface area contributed by atoms with E-state index in [4.69, 9.17) is 0 Å². The predicted molar refractivity (Wildman–Crippen MR) is 111 cm³/mol. The number of rotatable bonds is 9. The summed E-state index contributed by atoms with van der Waals surface area (Å²) in [4.78, 5) is 29.1. The standard InChI is InChI=1S/C23H27N3O2/c1-3-15-25(22(27)14-11-19-8-5-4-6-9-19)18-23(28)26(20-12-13-20)17-21-10-7-16-24(21)2/h3-11,14,16,20H,1,12-13,15,17-18H2,2H3. The second kappa shape index (κ2) is 9.22. The molecule has 0 aliphatic heterocycles. The fraction of sp³-hybridized carbons (Fsp3) is 0.304. The third-order valence-electron chi connectivity index (χ3n) is 4.90. The van der Waals surface area contributed by atoms with Crippen LogP contribution in [0.1, 0.15) is 24.1 Å². The van der Waals surface area contributed by atoms with Gasteiger partial charge in [0.2, 0.25) is 11.8 Å². The maximum atomic E-state index is 13.0. The molecule has 2 amide bonds. The SMILES string of the molecule is C=CCN(CC(=O)N(Cc1cccn1C)C1CC1)C(=O)C=Cc1ccccc1. The van der Waals surface area contributed by atoms with Gasteiger partial charge in [0.15, 0.2) is 0 Å². The van der Waals surface area contributed by atoms with Gasteiger partial charge in [-0.25, -0.2) is 0 Å². The van der Waals surface area contributed by atoms with Crippen LogP contribution in [0.4, 0.5) is 0 Å². The molecule has 0 saturated heterocycles. The van der Waals surface area contributed by atoms with Gasteiger partial charge in [0, 0.05) is 37.6 Å². The van der Waals surface area contributed by atoms with Crippen molar-refractivity contribution in [2.24, 2.45) is 7.05 Å². The Morgan fingerprint density at radius 1 is 1.18 bits per heavy atom. The first-order valence-corrected chi connectivity index (χ1v) is 9.61. The highest BCUT2D eigenvalue weighted by Gasteiger charge is 2.33. The van der Waals surface area contributed by atoms with Crippen LogP contribution >= 0.6 is 0 Å². The van der Waals surface area contributed by atoms with Gasteiger partial charge >= 0.3 is 0 Å². The van der Waals surface area contributed by atoms with Crippen LogP contribution in [-0.2, 0) is 23.2 Å². The number of carbonyl (C=O) groups is 2. The minimum absolute atomic E-state index is 0.0213. The van der Waals surface area contributed by atoms with Gasteiger partial charge in [-0.05, 0) is 36.6 Å². The molecule has 0 N–H and O–H groups in total. The zero-order valence-electron chi connectivity index (χ0n) is 16.3. The van der Waals surface area contributed by atoms with Crippen LogP contribution in [0.15, 0.2) is 67.4 Å². The van der Waals surface area contributed by atoms with E-state index in [0.717, 1.165) is 24.1 Å². The first-order chi connectivity index (χ1) is 13.6. The summed E-state index contributed by atoms with van der Waals surface area (Å²) in [5.41, 5.74) is 2.04. The summed E-state index contributed by atoms with van der Waals surface area (Å²) in [5, 5.41) is 0. The second-order valence-corrected chi connectivity index (χ2v) is 7.11. The molecule has 3 rings (SSSR count). The maximum absolute atomic E-state index is 13.0. The molecule has 0 unspecified atom stereocenters. The summed E-state index contributed by atoms with van der Waals surface area (Å²) in [6, 6.07) is 13.9. The smallest absolute Gasteiger partial charge is 0.247 e. The quantitative estimate of drug-likeness (QED) is 0.497. The van der Waals surface area contributed by atoms with E-state index >= 15 is 0 Å². The van der Waals surface area contributed by atoms with Crippen LogP contribution in [0.2, 0.25) is 0 Å². The maximum Gasteiger partial charge on any atom is 0.247 e. The number of aromatic nitrogens is 1. The number of carbonyl (C=O) groups excluding carboxylic acids is 2. The molecule has 1 aliphatic rings. The number of nitrogens with zero attached hydrogens (tertiary/aromatic N) is 3. The molecule has 2 aromatic rings. The van der Waals surface area contributed by atoms with Crippen LogP contribution in [0.5, 0.6) is 0 Å². The number of hydrogen-bond donors (Lipinski definition) is 0. The van der Waals surface area contributed by atoms with Gasteiger partial charge in [0.05, 0.1) is 6.54 Å². The lowest BCUT2D eigenvalue weighted by atomic mass is 10.2. The molecule has 5 nitrogen and oxygen atoms in total. The molecule has 5 heteroatoms. The molecule has 0 spiro atoms. The topological polar surface area (TPSA) is 45.6 Å². The molecule has 146 valence electrons. The Morgan fingerprint density at radius 3 is 2.54 bits per heavy atom. The highest BCUT2D eigenvalue weighted by molar-refractivity contribution is 5.94. The summed E-state index contributed by atoms with van der Waals surface area (Å²) in [6.45, 7) is 4.70. The van der Waals surface area contributed by atoms with E-state index in [0.29, 0.717) is 13.1 Å². The Morgan fingerprint density at radius 2 is 1.93 bits per heavy atom. The van der Waals surface area contributed by atoms with Gasteiger partial charge in [0.25, 0.3) is 0 Å². The molecule has 1 saturated carbocycles. The Hall–Kier alpha value is -3.08. The van der Waals surface area contributed by atoms with Crippen molar-refractivity contribution in [2.45, 2.75) is 25.4 Å². The van der Waals surface area contributed by atoms with Gasteiger partial charge in [-0.3, -0.25) is 9.59 Å². The highest BCUT2D eigenvalue weighted by atomic mass is 16.2. The molecule has 1 aliphatic carbocycles. The van der Waals surface area contributed by atoms with Crippen molar-refractivity contribution in [1.82, 2.24) is 14.4 Å². The zero-order chi connectivity index (χ0) is 19.9. The van der Waals surface area contributed by atoms with Crippen molar-refractivity contribution in [3.05, 3.63) is 78.6 Å². The van der Waals surface area contributed by atoms with E-state index in [-0.39, 0.29) is 24.4 Å². The van der Waals surface area contributed by atoms with Crippen molar-refractivity contribution >= 4 is 17.9 Å². The van der Waals surface area contributed by atoms with Gasteiger partial charge in [-0.1, -0.05) is 36.4 Å². The van der Waals surface area contributed by atoms with E-state index in [9.17, 15) is 9.59 Å². The van der Waals surface area contributed by atoms with Crippen LogP contribution in [-0.4, -0.2) is 45.3 Å². The van der Waals surface area contributed by atoms with Crippen LogP contribution in [0.3, 0.4) is 0 Å². The monoisotopic (exact) mass is 377 g/mol. The Balaban J connectivity index is 1.66. The predicted octanol–water partition coefficient (Wildman–Crippen LogP) is 3.24. The number of aryl methyl sites for hydroxylation is 1. The molecule has 0 radical (unpaired) electrons. The second-order valence-electron chi connectivity index (χ2n) is 7.11. The first kappa shape index (κ1) is 19.7. The van der Waals surface area contributed by atoms with Crippen LogP contribution < -0.4 is 0 Å². The van der Waals surface area contributed by atoms with E-state index in [1.54, 1.807) is 12.2 Å². The molecule has 1 aromatic heterocycles.